The van der Waals surface area contributed by atoms with Crippen LogP contribution in [0.1, 0.15) is 20.4 Å². The molecule has 15 heteroatoms. The Hall–Kier alpha value is -2.62. The van der Waals surface area contributed by atoms with Crippen LogP contribution in [0, 0.1) is 0 Å². The van der Waals surface area contributed by atoms with Crippen molar-refractivity contribution in [3.63, 3.8) is 0 Å². The van der Waals surface area contributed by atoms with Crippen molar-refractivity contribution in [1.29, 1.82) is 0 Å². The number of sulfonamides is 2. The third kappa shape index (κ3) is 5.41. The molecule has 2 amide bonds. The molecule has 2 aliphatic rings. The Morgan fingerprint density at radius 1 is 1.03 bits per heavy atom. The topological polar surface area (TPSA) is 137 Å². The summed E-state index contributed by atoms with van der Waals surface area (Å²) in [4.78, 5) is 32.9. The summed E-state index contributed by atoms with van der Waals surface area (Å²) in [5.41, 5.74) is 0.665. The smallest absolute Gasteiger partial charge is 0.283 e. The highest BCUT2D eigenvalue weighted by atomic mass is 35.5. The predicted octanol–water partition coefficient (Wildman–Crippen LogP) is 1.53. The summed E-state index contributed by atoms with van der Waals surface area (Å²) >= 11 is 7.14. The first kappa shape index (κ1) is 27.9. The minimum Gasteiger partial charge on any atom is -0.357 e. The molecule has 1 unspecified atom stereocenters. The maximum atomic E-state index is 13.5. The number of hydrogen-bond acceptors (Lipinski definition) is 8. The van der Waals surface area contributed by atoms with E-state index >= 15 is 0 Å². The average molecular weight is 612 g/mol. The van der Waals surface area contributed by atoms with Crippen LogP contribution < -0.4 is 5.32 Å². The maximum Gasteiger partial charge on any atom is 0.283 e. The summed E-state index contributed by atoms with van der Waals surface area (Å²) in [5.74, 6) is -0.991. The van der Waals surface area contributed by atoms with Gasteiger partial charge in [0.2, 0.25) is 26.0 Å². The van der Waals surface area contributed by atoms with Gasteiger partial charge in [0.05, 0.1) is 16.8 Å². The number of benzene rings is 2. The number of rotatable bonds is 5. The van der Waals surface area contributed by atoms with Crippen LogP contribution in [0.2, 0.25) is 5.02 Å². The fourth-order valence-corrected chi connectivity index (χ4v) is 8.39. The van der Waals surface area contributed by atoms with Crippen molar-refractivity contribution in [2.24, 2.45) is 0 Å². The Morgan fingerprint density at radius 3 is 2.46 bits per heavy atom. The van der Waals surface area contributed by atoms with Crippen LogP contribution >= 0.6 is 22.9 Å². The van der Waals surface area contributed by atoms with E-state index in [2.05, 4.69) is 10.3 Å². The zero-order valence-corrected chi connectivity index (χ0v) is 24.3. The molecular weight excluding hydrogens is 586 g/mol. The van der Waals surface area contributed by atoms with Gasteiger partial charge < -0.3 is 10.2 Å². The quantitative estimate of drug-likeness (QED) is 0.462. The van der Waals surface area contributed by atoms with Crippen molar-refractivity contribution in [3.05, 3.63) is 57.0 Å². The van der Waals surface area contributed by atoms with E-state index in [4.69, 9.17) is 11.6 Å². The third-order valence-electron chi connectivity index (χ3n) is 6.91. The van der Waals surface area contributed by atoms with Gasteiger partial charge in [-0.05, 0) is 35.0 Å². The highest BCUT2D eigenvalue weighted by Crippen LogP contribution is 2.30. The number of carbonyl (C=O) groups is 2. The SMILES string of the molecule is CNC(=O)C1CN(S(=O)(=O)c2ccc3cc(Cl)ccc3c2)CCN1C(=O)c1nc2c(s1)CN(S(C)(=O)=O)CC2. The first-order valence-corrected chi connectivity index (χ1v) is 16.5. The molecule has 3 heterocycles. The standard InChI is InChI=1S/C24H26ClN5O6S3/c1-26-22(31)20-13-29(39(35,36)18-6-4-15-11-17(25)5-3-16(15)12-18)9-10-30(20)24(32)23-27-19-7-8-28(38(2,33)34)14-21(19)37-23/h3-6,11-12,20H,7-10,13-14H2,1-2H3,(H,26,31). The number of hydrogen-bond donors (Lipinski definition) is 1. The molecule has 11 nitrogen and oxygen atoms in total. The fourth-order valence-electron chi connectivity index (χ4n) is 4.78. The Labute approximate surface area is 235 Å². The Morgan fingerprint density at radius 2 is 1.74 bits per heavy atom. The molecule has 0 saturated carbocycles. The second-order valence-electron chi connectivity index (χ2n) is 9.38. The normalized spacial score (nSPS) is 19.2. The van der Waals surface area contributed by atoms with Crippen LogP contribution in [0.15, 0.2) is 41.3 Å². The molecule has 5 rings (SSSR count). The molecule has 2 aliphatic heterocycles. The zero-order valence-electron chi connectivity index (χ0n) is 21.1. The summed E-state index contributed by atoms with van der Waals surface area (Å²) in [6.07, 6.45) is 1.52. The van der Waals surface area contributed by atoms with Crippen LogP contribution in [0.5, 0.6) is 0 Å². The Bertz CT molecular complexity index is 1690. The van der Waals surface area contributed by atoms with Crippen molar-refractivity contribution in [2.75, 3.05) is 39.5 Å². The third-order valence-corrected chi connectivity index (χ3v) is 11.3. The van der Waals surface area contributed by atoms with E-state index in [9.17, 15) is 26.4 Å². The molecule has 39 heavy (non-hydrogen) atoms. The minimum absolute atomic E-state index is 0.00678. The van der Waals surface area contributed by atoms with Gasteiger partial charge in [-0.25, -0.2) is 21.8 Å². The molecule has 1 N–H and O–H groups in total. The number of fused-ring (bicyclic) bond motifs is 2. The number of aromatic nitrogens is 1. The van der Waals surface area contributed by atoms with Crippen molar-refractivity contribution in [3.8, 4) is 0 Å². The van der Waals surface area contributed by atoms with E-state index in [0.29, 0.717) is 27.4 Å². The number of nitrogens with zero attached hydrogens (tertiary/aromatic N) is 4. The van der Waals surface area contributed by atoms with E-state index in [1.54, 1.807) is 30.3 Å². The lowest BCUT2D eigenvalue weighted by Gasteiger charge is -2.39. The van der Waals surface area contributed by atoms with E-state index in [1.807, 2.05) is 0 Å². The van der Waals surface area contributed by atoms with Crippen molar-refractivity contribution < 1.29 is 26.4 Å². The van der Waals surface area contributed by atoms with Gasteiger partial charge in [-0.15, -0.1) is 11.3 Å². The maximum absolute atomic E-state index is 13.5. The number of piperazine rings is 1. The Kier molecular flexibility index (Phi) is 7.45. The van der Waals surface area contributed by atoms with E-state index < -0.39 is 37.9 Å². The first-order chi connectivity index (χ1) is 18.4. The largest absolute Gasteiger partial charge is 0.357 e. The number of carbonyl (C=O) groups excluding carboxylic acids is 2. The molecule has 0 aliphatic carbocycles. The molecule has 1 aromatic heterocycles. The molecule has 1 saturated heterocycles. The highest BCUT2D eigenvalue weighted by molar-refractivity contribution is 7.89. The minimum atomic E-state index is -3.97. The number of halogens is 1. The summed E-state index contributed by atoms with van der Waals surface area (Å²) in [6.45, 7) is 0.177. The monoisotopic (exact) mass is 611 g/mol. The molecule has 0 bridgehead atoms. The van der Waals surface area contributed by atoms with Crippen LogP contribution in [0.4, 0.5) is 0 Å². The van der Waals surface area contributed by atoms with Gasteiger partial charge in [0.25, 0.3) is 5.91 Å². The van der Waals surface area contributed by atoms with Gasteiger partial charge in [0.1, 0.15) is 6.04 Å². The summed E-state index contributed by atoms with van der Waals surface area (Å²) in [6, 6.07) is 8.84. The summed E-state index contributed by atoms with van der Waals surface area (Å²) in [5, 5.41) is 4.72. The molecule has 1 fully saturated rings. The van der Waals surface area contributed by atoms with Crippen LogP contribution in [-0.4, -0.2) is 92.7 Å². The average Bonchev–Trinajstić information content (AvgIpc) is 3.34. The number of likely N-dealkylation sites (N-methyl/N-ethyl adjacent to an activating group) is 1. The lowest BCUT2D eigenvalue weighted by Crippen LogP contribution is -2.61. The van der Waals surface area contributed by atoms with E-state index in [0.717, 1.165) is 23.0 Å². The molecule has 2 aromatic carbocycles. The van der Waals surface area contributed by atoms with E-state index in [-0.39, 0.29) is 42.6 Å². The van der Waals surface area contributed by atoms with Crippen molar-refractivity contribution >= 4 is 65.6 Å². The van der Waals surface area contributed by atoms with Crippen molar-refractivity contribution in [2.45, 2.75) is 23.9 Å². The van der Waals surface area contributed by atoms with Crippen LogP contribution in [0.25, 0.3) is 10.8 Å². The lowest BCUT2D eigenvalue weighted by molar-refractivity contribution is -0.126. The van der Waals surface area contributed by atoms with Gasteiger partial charge >= 0.3 is 0 Å². The van der Waals surface area contributed by atoms with Gasteiger partial charge in [0, 0.05) is 56.1 Å². The highest BCUT2D eigenvalue weighted by Gasteiger charge is 2.41. The fraction of sp³-hybridized carbons (Fsp3) is 0.375. The van der Waals surface area contributed by atoms with E-state index in [1.165, 1.54) is 26.6 Å². The molecule has 1 atom stereocenters. The van der Waals surface area contributed by atoms with Gasteiger partial charge in [-0.2, -0.15) is 8.61 Å². The van der Waals surface area contributed by atoms with Gasteiger partial charge in [-0.1, -0.05) is 23.7 Å². The van der Waals surface area contributed by atoms with Gasteiger partial charge in [-0.3, -0.25) is 9.59 Å². The summed E-state index contributed by atoms with van der Waals surface area (Å²) < 4.78 is 53.6. The molecule has 0 spiro atoms. The number of nitrogens with one attached hydrogen (secondary N) is 1. The molecular formula is C24H26ClN5O6S3. The Balaban J connectivity index is 1.39. The van der Waals surface area contributed by atoms with Gasteiger partial charge in [0.15, 0.2) is 5.01 Å². The zero-order chi connectivity index (χ0) is 28.1. The van der Waals surface area contributed by atoms with Crippen LogP contribution in [-0.2, 0) is 37.8 Å². The molecule has 208 valence electrons. The summed E-state index contributed by atoms with van der Waals surface area (Å²) in [7, 11) is -5.93. The first-order valence-electron chi connectivity index (χ1n) is 12.0. The van der Waals surface area contributed by atoms with Crippen molar-refractivity contribution in [1.82, 2.24) is 23.8 Å². The van der Waals surface area contributed by atoms with Crippen LogP contribution in [0.3, 0.4) is 0 Å². The second kappa shape index (κ2) is 10.4. The second-order valence-corrected chi connectivity index (χ2v) is 14.8. The predicted molar refractivity (Wildman–Crippen MR) is 148 cm³/mol. The number of thiazole rings is 1. The number of amides is 2. The lowest BCUT2D eigenvalue weighted by atomic mass is 10.1. The molecule has 0 radical (unpaired) electrons. The molecule has 3 aromatic rings.